The first-order chi connectivity index (χ1) is 12.0. The SMILES string of the molecule is Cc1ccc(-n2c(=O)[nH]c3c(sc4nccc(N(C)C)c43)c2=O)cc1. The minimum atomic E-state index is -0.449. The number of benzene rings is 1. The molecule has 0 fully saturated rings. The summed E-state index contributed by atoms with van der Waals surface area (Å²) in [6, 6.07) is 9.17. The normalized spacial score (nSPS) is 11.3. The molecule has 126 valence electrons. The van der Waals surface area contributed by atoms with Crippen LogP contribution < -0.4 is 16.1 Å². The van der Waals surface area contributed by atoms with Crippen molar-refractivity contribution in [2.24, 2.45) is 0 Å². The molecule has 25 heavy (non-hydrogen) atoms. The Hall–Kier alpha value is -2.93. The number of rotatable bonds is 2. The van der Waals surface area contributed by atoms with Gasteiger partial charge in [0, 0.05) is 20.3 Å². The first kappa shape index (κ1) is 15.6. The molecule has 0 aliphatic rings. The van der Waals surface area contributed by atoms with Crippen LogP contribution >= 0.6 is 11.3 Å². The molecular formula is C18H16N4O2S. The number of aromatic nitrogens is 3. The van der Waals surface area contributed by atoms with Gasteiger partial charge in [0.2, 0.25) is 0 Å². The van der Waals surface area contributed by atoms with Crippen molar-refractivity contribution in [1.29, 1.82) is 0 Å². The predicted molar refractivity (Wildman–Crippen MR) is 102 cm³/mol. The average Bonchev–Trinajstić information content (AvgIpc) is 2.95. The van der Waals surface area contributed by atoms with E-state index in [0.29, 0.717) is 15.9 Å². The van der Waals surface area contributed by atoms with Crippen LogP contribution in [0.5, 0.6) is 0 Å². The fourth-order valence-corrected chi connectivity index (χ4v) is 3.98. The highest BCUT2D eigenvalue weighted by Crippen LogP contribution is 2.34. The summed E-state index contributed by atoms with van der Waals surface area (Å²) in [4.78, 5) is 35.6. The fourth-order valence-electron chi connectivity index (χ4n) is 2.93. The van der Waals surface area contributed by atoms with Crippen molar-refractivity contribution in [2.75, 3.05) is 19.0 Å². The first-order valence-corrected chi connectivity index (χ1v) is 8.60. The van der Waals surface area contributed by atoms with Crippen molar-refractivity contribution in [3.05, 3.63) is 62.9 Å². The molecule has 0 atom stereocenters. The summed E-state index contributed by atoms with van der Waals surface area (Å²) in [5.41, 5.74) is 2.31. The third-order valence-corrected chi connectivity index (χ3v) is 5.26. The van der Waals surface area contributed by atoms with Gasteiger partial charge in [-0.1, -0.05) is 17.7 Å². The monoisotopic (exact) mass is 352 g/mol. The topological polar surface area (TPSA) is 71.0 Å². The number of anilines is 1. The summed E-state index contributed by atoms with van der Waals surface area (Å²) in [6.45, 7) is 1.96. The molecule has 0 spiro atoms. The molecule has 0 unspecified atom stereocenters. The minimum absolute atomic E-state index is 0.324. The van der Waals surface area contributed by atoms with Crippen LogP contribution in [0.4, 0.5) is 5.69 Å². The van der Waals surface area contributed by atoms with Crippen molar-refractivity contribution in [3.8, 4) is 5.69 Å². The number of aromatic amines is 1. The fraction of sp³-hybridized carbons (Fsp3) is 0.167. The zero-order chi connectivity index (χ0) is 17.7. The van der Waals surface area contributed by atoms with Gasteiger partial charge >= 0.3 is 5.69 Å². The molecule has 0 saturated heterocycles. The summed E-state index contributed by atoms with van der Waals surface area (Å²) in [5.74, 6) is 0. The van der Waals surface area contributed by atoms with Crippen LogP contribution in [0.15, 0.2) is 46.1 Å². The predicted octanol–water partition coefficient (Wildman–Crippen LogP) is 2.66. The molecule has 3 aromatic heterocycles. The molecule has 0 aliphatic carbocycles. The van der Waals surface area contributed by atoms with Crippen LogP contribution in [0.1, 0.15) is 5.56 Å². The zero-order valence-electron chi connectivity index (χ0n) is 14.0. The number of pyridine rings is 1. The van der Waals surface area contributed by atoms with E-state index >= 15 is 0 Å². The van der Waals surface area contributed by atoms with E-state index in [-0.39, 0.29) is 5.56 Å². The third-order valence-electron chi connectivity index (χ3n) is 4.18. The lowest BCUT2D eigenvalue weighted by Gasteiger charge is -2.13. The molecule has 0 aliphatic heterocycles. The largest absolute Gasteiger partial charge is 0.377 e. The Kier molecular flexibility index (Phi) is 3.47. The van der Waals surface area contributed by atoms with Crippen LogP contribution in [0.3, 0.4) is 0 Å². The van der Waals surface area contributed by atoms with E-state index in [1.54, 1.807) is 18.3 Å². The van der Waals surface area contributed by atoms with Crippen LogP contribution in [-0.2, 0) is 0 Å². The molecule has 0 amide bonds. The Morgan fingerprint density at radius 2 is 1.84 bits per heavy atom. The van der Waals surface area contributed by atoms with Gasteiger partial charge in [0.1, 0.15) is 9.53 Å². The van der Waals surface area contributed by atoms with Crippen molar-refractivity contribution in [3.63, 3.8) is 0 Å². The number of thiophene rings is 1. The van der Waals surface area contributed by atoms with Gasteiger partial charge in [-0.15, -0.1) is 11.3 Å². The molecule has 7 heteroatoms. The maximum absolute atomic E-state index is 13.0. The van der Waals surface area contributed by atoms with E-state index in [1.165, 1.54) is 15.9 Å². The van der Waals surface area contributed by atoms with Gasteiger partial charge < -0.3 is 9.88 Å². The van der Waals surface area contributed by atoms with Gasteiger partial charge in [-0.25, -0.2) is 14.3 Å². The van der Waals surface area contributed by atoms with Gasteiger partial charge in [-0.3, -0.25) is 4.79 Å². The molecule has 0 saturated carbocycles. The standard InChI is InChI=1S/C18H16N4O2S/c1-10-4-6-11(7-5-10)22-17(23)15-14(20-18(22)24)13-12(21(2)3)8-9-19-16(13)25-15/h4-9H,1-3H3,(H,20,24). The molecular weight excluding hydrogens is 336 g/mol. The van der Waals surface area contributed by atoms with E-state index in [4.69, 9.17) is 0 Å². The quantitative estimate of drug-likeness (QED) is 0.602. The Bertz CT molecular complexity index is 1220. The summed E-state index contributed by atoms with van der Waals surface area (Å²) in [7, 11) is 3.84. The molecule has 4 rings (SSSR count). The highest BCUT2D eigenvalue weighted by Gasteiger charge is 2.18. The second-order valence-electron chi connectivity index (χ2n) is 6.12. The van der Waals surface area contributed by atoms with Gasteiger partial charge in [-0.05, 0) is 25.1 Å². The molecule has 4 aromatic rings. The number of hydrogen-bond donors (Lipinski definition) is 1. The number of fused-ring (bicyclic) bond motifs is 3. The van der Waals surface area contributed by atoms with Crippen molar-refractivity contribution in [2.45, 2.75) is 6.92 Å². The van der Waals surface area contributed by atoms with Crippen LogP contribution in [0, 0.1) is 6.92 Å². The van der Waals surface area contributed by atoms with Crippen molar-refractivity contribution < 1.29 is 0 Å². The smallest absolute Gasteiger partial charge is 0.333 e. The lowest BCUT2D eigenvalue weighted by molar-refractivity contribution is 0.904. The van der Waals surface area contributed by atoms with Crippen LogP contribution in [0.25, 0.3) is 26.1 Å². The van der Waals surface area contributed by atoms with E-state index in [1.807, 2.05) is 44.1 Å². The van der Waals surface area contributed by atoms with Gasteiger partial charge in [0.25, 0.3) is 5.56 Å². The van der Waals surface area contributed by atoms with Crippen molar-refractivity contribution >= 4 is 37.5 Å². The summed E-state index contributed by atoms with van der Waals surface area (Å²) in [5, 5.41) is 0.803. The molecule has 0 bridgehead atoms. The molecule has 1 aromatic carbocycles. The van der Waals surface area contributed by atoms with Gasteiger partial charge in [-0.2, -0.15) is 0 Å². The number of H-pyrrole nitrogens is 1. The Labute approximate surface area is 147 Å². The highest BCUT2D eigenvalue weighted by molar-refractivity contribution is 7.25. The number of aryl methyl sites for hydroxylation is 1. The maximum Gasteiger partial charge on any atom is 0.333 e. The number of hydrogen-bond acceptors (Lipinski definition) is 5. The summed E-state index contributed by atoms with van der Waals surface area (Å²) >= 11 is 1.30. The molecule has 1 N–H and O–H groups in total. The third kappa shape index (κ3) is 2.35. The van der Waals surface area contributed by atoms with Crippen molar-refractivity contribution in [1.82, 2.24) is 14.5 Å². The Morgan fingerprint density at radius 3 is 2.52 bits per heavy atom. The molecule has 6 nitrogen and oxygen atoms in total. The maximum atomic E-state index is 13.0. The molecule has 0 radical (unpaired) electrons. The Morgan fingerprint density at radius 1 is 1.12 bits per heavy atom. The van der Waals surface area contributed by atoms with Gasteiger partial charge in [0.05, 0.1) is 22.3 Å². The summed E-state index contributed by atoms with van der Waals surface area (Å²) < 4.78 is 1.67. The van der Waals surface area contributed by atoms with Gasteiger partial charge in [0.15, 0.2) is 0 Å². The van der Waals surface area contributed by atoms with E-state index in [9.17, 15) is 9.59 Å². The summed E-state index contributed by atoms with van der Waals surface area (Å²) in [6.07, 6.45) is 1.71. The first-order valence-electron chi connectivity index (χ1n) is 7.78. The number of nitrogens with zero attached hydrogens (tertiary/aromatic N) is 3. The van der Waals surface area contributed by atoms with Crippen LogP contribution in [-0.4, -0.2) is 28.6 Å². The van der Waals surface area contributed by atoms with E-state index < -0.39 is 5.69 Å². The molecule has 3 heterocycles. The Balaban J connectivity index is 2.12. The van der Waals surface area contributed by atoms with Crippen LogP contribution in [0.2, 0.25) is 0 Å². The highest BCUT2D eigenvalue weighted by atomic mass is 32.1. The number of nitrogens with one attached hydrogen (secondary N) is 1. The zero-order valence-corrected chi connectivity index (χ0v) is 14.8. The second kappa shape index (κ2) is 5.56. The lowest BCUT2D eigenvalue weighted by Crippen LogP contribution is -2.33. The lowest BCUT2D eigenvalue weighted by atomic mass is 10.2. The van der Waals surface area contributed by atoms with E-state index in [2.05, 4.69) is 9.97 Å². The average molecular weight is 352 g/mol. The second-order valence-corrected chi connectivity index (χ2v) is 7.12. The van der Waals surface area contributed by atoms with E-state index in [0.717, 1.165) is 21.5 Å². The minimum Gasteiger partial charge on any atom is -0.377 e.